The van der Waals surface area contributed by atoms with Gasteiger partial charge in [-0.25, -0.2) is 0 Å². The molecule has 1 aromatic heterocycles. The number of aromatic nitrogens is 1. The monoisotopic (exact) mass is 273 g/mol. The summed E-state index contributed by atoms with van der Waals surface area (Å²) in [7, 11) is 0. The molecule has 0 saturated carbocycles. The number of rotatable bonds is 1. The van der Waals surface area contributed by atoms with Gasteiger partial charge in [-0.2, -0.15) is 0 Å². The molecule has 0 fully saturated rings. The highest BCUT2D eigenvalue weighted by atomic mass is 15.0. The van der Waals surface area contributed by atoms with Gasteiger partial charge in [-0.1, -0.05) is 56.8 Å². The van der Waals surface area contributed by atoms with Crippen LogP contribution >= 0.6 is 0 Å². The molecule has 1 heterocycles. The lowest BCUT2D eigenvalue weighted by atomic mass is 9.93. The van der Waals surface area contributed by atoms with E-state index in [1.807, 2.05) is 0 Å². The first-order valence-electron chi connectivity index (χ1n) is 7.58. The Balaban J connectivity index is 2.15. The Morgan fingerprint density at radius 3 is 2.29 bits per heavy atom. The molecule has 1 heteroatoms. The first kappa shape index (κ1) is 12.5. The summed E-state index contributed by atoms with van der Waals surface area (Å²) in [5.41, 5.74) is 6.55. The zero-order valence-corrected chi connectivity index (χ0v) is 12.5. The molecule has 0 aliphatic heterocycles. The number of nitrogens with zero attached hydrogens (tertiary/aromatic N) is 1. The Kier molecular flexibility index (Phi) is 2.58. The summed E-state index contributed by atoms with van der Waals surface area (Å²) in [5, 5.41) is 1.37. The van der Waals surface area contributed by atoms with Gasteiger partial charge in [0.05, 0.1) is 11.2 Å². The Morgan fingerprint density at radius 1 is 0.857 bits per heavy atom. The maximum atomic E-state index is 4.39. The van der Waals surface area contributed by atoms with E-state index in [9.17, 15) is 0 Å². The van der Waals surface area contributed by atoms with E-state index < -0.39 is 0 Å². The molecular formula is C20H19N. The van der Waals surface area contributed by atoms with Gasteiger partial charge in [0.25, 0.3) is 0 Å². The van der Waals surface area contributed by atoms with Gasteiger partial charge in [-0.05, 0) is 41.2 Å². The summed E-state index contributed by atoms with van der Waals surface area (Å²) in [6, 6.07) is 19.3. The van der Waals surface area contributed by atoms with Crippen LogP contribution in [0.15, 0.2) is 61.2 Å². The first-order valence-corrected chi connectivity index (χ1v) is 7.58. The van der Waals surface area contributed by atoms with Gasteiger partial charge in [-0.15, -0.1) is 0 Å². The molecule has 0 bridgehead atoms. The third-order valence-corrected chi connectivity index (χ3v) is 4.99. The van der Waals surface area contributed by atoms with Crippen LogP contribution in [-0.2, 0) is 0 Å². The van der Waals surface area contributed by atoms with Crippen LogP contribution in [0.3, 0.4) is 0 Å². The zero-order chi connectivity index (χ0) is 14.6. The van der Waals surface area contributed by atoms with Gasteiger partial charge in [0.2, 0.25) is 0 Å². The van der Waals surface area contributed by atoms with Crippen molar-refractivity contribution in [3.8, 4) is 5.69 Å². The topological polar surface area (TPSA) is 4.93 Å². The smallest absolute Gasteiger partial charge is 0.0537 e. The molecule has 2 aromatic carbocycles. The molecule has 3 aromatic rings. The second-order valence-electron chi connectivity index (χ2n) is 6.05. The van der Waals surface area contributed by atoms with E-state index in [1.54, 1.807) is 0 Å². The Morgan fingerprint density at radius 2 is 1.52 bits per heavy atom. The van der Waals surface area contributed by atoms with Crippen molar-refractivity contribution in [1.82, 2.24) is 4.57 Å². The van der Waals surface area contributed by atoms with Crippen molar-refractivity contribution >= 4 is 16.5 Å². The van der Waals surface area contributed by atoms with Gasteiger partial charge < -0.3 is 4.57 Å². The van der Waals surface area contributed by atoms with E-state index >= 15 is 0 Å². The van der Waals surface area contributed by atoms with Gasteiger partial charge in [0.15, 0.2) is 0 Å². The van der Waals surface area contributed by atoms with E-state index in [4.69, 9.17) is 0 Å². The fourth-order valence-electron chi connectivity index (χ4n) is 3.66. The van der Waals surface area contributed by atoms with Crippen molar-refractivity contribution in [3.05, 3.63) is 72.4 Å². The van der Waals surface area contributed by atoms with E-state index in [-0.39, 0.29) is 0 Å². The number of benzene rings is 2. The third-order valence-electron chi connectivity index (χ3n) is 4.99. The number of fused-ring (bicyclic) bond motifs is 3. The maximum absolute atomic E-state index is 4.39. The summed E-state index contributed by atoms with van der Waals surface area (Å²) in [6.45, 7) is 9.00. The van der Waals surface area contributed by atoms with Gasteiger partial charge in [0, 0.05) is 11.1 Å². The lowest BCUT2D eigenvalue weighted by Crippen LogP contribution is -2.01. The number of allylic oxidation sites excluding steroid dienone is 1. The molecule has 1 nitrogen and oxygen atoms in total. The Labute approximate surface area is 125 Å². The largest absolute Gasteiger partial charge is 0.309 e. The Bertz CT molecular complexity index is 839. The highest BCUT2D eigenvalue weighted by Gasteiger charge is 2.35. The van der Waals surface area contributed by atoms with E-state index in [0.29, 0.717) is 11.8 Å². The average molecular weight is 273 g/mol. The van der Waals surface area contributed by atoms with Gasteiger partial charge in [0.1, 0.15) is 0 Å². The van der Waals surface area contributed by atoms with Crippen LogP contribution in [0.1, 0.15) is 31.0 Å². The molecule has 1 aliphatic carbocycles. The van der Waals surface area contributed by atoms with Crippen molar-refractivity contribution in [3.63, 3.8) is 0 Å². The summed E-state index contributed by atoms with van der Waals surface area (Å²) in [6.07, 6.45) is 0. The molecule has 2 atom stereocenters. The van der Waals surface area contributed by atoms with Crippen LogP contribution in [0.25, 0.3) is 22.2 Å². The van der Waals surface area contributed by atoms with Crippen molar-refractivity contribution in [2.24, 2.45) is 5.92 Å². The molecule has 0 spiro atoms. The quantitative estimate of drug-likeness (QED) is 0.559. The number of para-hydroxylation sites is 2. The van der Waals surface area contributed by atoms with Crippen LogP contribution in [-0.4, -0.2) is 4.57 Å². The average Bonchev–Trinajstić information content (AvgIpc) is 2.98. The molecule has 0 N–H and O–H groups in total. The third kappa shape index (κ3) is 1.58. The fourth-order valence-corrected chi connectivity index (χ4v) is 3.66. The van der Waals surface area contributed by atoms with Gasteiger partial charge >= 0.3 is 0 Å². The minimum Gasteiger partial charge on any atom is -0.309 e. The predicted octanol–water partition coefficient (Wildman–Crippen LogP) is 5.40. The molecule has 0 saturated heterocycles. The molecule has 2 unspecified atom stereocenters. The second-order valence-corrected chi connectivity index (χ2v) is 6.05. The zero-order valence-electron chi connectivity index (χ0n) is 12.5. The molecule has 0 amide bonds. The molecular weight excluding hydrogens is 254 g/mol. The standard InChI is InChI=1S/C20H19N/c1-13-14(2)19-17-11-7-8-12-18(17)21(20(19)15(13)3)16-9-5-4-6-10-16/h4-14H,3H2,1-2H3. The Hall–Kier alpha value is -2.28. The molecule has 21 heavy (non-hydrogen) atoms. The maximum Gasteiger partial charge on any atom is 0.0537 e. The fraction of sp³-hybridized carbons (Fsp3) is 0.200. The van der Waals surface area contributed by atoms with E-state index in [1.165, 1.54) is 33.4 Å². The SMILES string of the molecule is C=C1c2c(c3ccccc3n2-c2ccccc2)C(C)C1C. The first-order chi connectivity index (χ1) is 10.2. The summed E-state index contributed by atoms with van der Waals surface area (Å²) in [5.74, 6) is 1.04. The highest BCUT2D eigenvalue weighted by Crippen LogP contribution is 2.50. The second kappa shape index (κ2) is 4.36. The minimum absolute atomic E-state index is 0.509. The lowest BCUT2D eigenvalue weighted by molar-refractivity contribution is 0.640. The number of hydrogen-bond acceptors (Lipinski definition) is 0. The van der Waals surface area contributed by atoms with Crippen LogP contribution in [0.4, 0.5) is 0 Å². The molecule has 4 rings (SSSR count). The summed E-state index contributed by atoms with van der Waals surface area (Å²) >= 11 is 0. The van der Waals surface area contributed by atoms with Crippen LogP contribution in [0.2, 0.25) is 0 Å². The minimum atomic E-state index is 0.509. The summed E-state index contributed by atoms with van der Waals surface area (Å²) in [4.78, 5) is 0. The highest BCUT2D eigenvalue weighted by molar-refractivity contribution is 5.95. The molecule has 104 valence electrons. The van der Waals surface area contributed by atoms with E-state index in [0.717, 1.165) is 0 Å². The van der Waals surface area contributed by atoms with Crippen LogP contribution in [0.5, 0.6) is 0 Å². The van der Waals surface area contributed by atoms with Crippen molar-refractivity contribution < 1.29 is 0 Å². The van der Waals surface area contributed by atoms with Crippen molar-refractivity contribution in [1.29, 1.82) is 0 Å². The van der Waals surface area contributed by atoms with Crippen molar-refractivity contribution in [2.75, 3.05) is 0 Å². The van der Waals surface area contributed by atoms with Gasteiger partial charge in [-0.3, -0.25) is 0 Å². The predicted molar refractivity (Wildman–Crippen MR) is 89.9 cm³/mol. The summed E-state index contributed by atoms with van der Waals surface area (Å²) < 4.78 is 2.38. The number of hydrogen-bond donors (Lipinski definition) is 0. The van der Waals surface area contributed by atoms with Crippen molar-refractivity contribution in [2.45, 2.75) is 19.8 Å². The van der Waals surface area contributed by atoms with E-state index in [2.05, 4.69) is 79.6 Å². The molecule has 0 radical (unpaired) electrons. The van der Waals surface area contributed by atoms with Crippen LogP contribution in [0, 0.1) is 5.92 Å². The molecule has 1 aliphatic rings. The van der Waals surface area contributed by atoms with Crippen LogP contribution < -0.4 is 0 Å². The lowest BCUT2D eigenvalue weighted by Gasteiger charge is -2.14. The normalized spacial score (nSPS) is 21.0.